The van der Waals surface area contributed by atoms with Crippen molar-refractivity contribution in [2.75, 3.05) is 18.0 Å². The van der Waals surface area contributed by atoms with Gasteiger partial charge in [-0.3, -0.25) is 53.1 Å². The Bertz CT molecular complexity index is 2440. The minimum absolute atomic E-state index is 0.000917. The Balaban J connectivity index is 1.63. The number of aromatic amines is 1. The van der Waals surface area contributed by atoms with Crippen LogP contribution in [0.4, 0.5) is 5.95 Å². The Morgan fingerprint density at radius 3 is 1.96 bits per heavy atom. The number of nitrogens with two attached hydrogens (primary N) is 3. The number of aryl methyl sites for hydroxylation is 2. The Morgan fingerprint density at radius 2 is 1.38 bits per heavy atom. The SMILES string of the molecule is CC[C@H](CC(=O)[C@H](CC(=O)O)NC(=O)[C@H](CCCN=C(N)N)CC(=O)[C@H](CC(=O)O)NC(=O)CC[C@@H](C)CC(=O)c1ccc(CCc2cnc3nc(N)[nH]c(=O)c3n2)cc1)C(=O)N[C@@H](CS)C(=O)O. The molecule has 13 N–H and O–H groups in total. The summed E-state index contributed by atoms with van der Waals surface area (Å²) >= 11 is 3.90. The van der Waals surface area contributed by atoms with E-state index < -0.39 is 108 Å². The number of aliphatic imine (C=N–C) groups is 1. The molecule has 0 fully saturated rings. The number of fused-ring (bicyclic) bond motifs is 1. The number of amides is 3. The van der Waals surface area contributed by atoms with Gasteiger partial charge in [0.1, 0.15) is 6.04 Å². The van der Waals surface area contributed by atoms with Crippen LogP contribution in [0.2, 0.25) is 0 Å². The first-order valence-electron chi connectivity index (χ1n) is 22.0. The molecule has 1 aromatic carbocycles. The minimum atomic E-state index is -1.69. The molecule has 0 bridgehead atoms. The van der Waals surface area contributed by atoms with Crippen molar-refractivity contribution in [3.8, 4) is 0 Å². The molecule has 0 saturated heterocycles. The van der Waals surface area contributed by atoms with E-state index in [1.54, 1.807) is 38.1 Å². The van der Waals surface area contributed by atoms with Gasteiger partial charge in [-0.05, 0) is 50.0 Å². The van der Waals surface area contributed by atoms with E-state index in [0.29, 0.717) is 24.1 Å². The first-order chi connectivity index (χ1) is 32.6. The lowest BCUT2D eigenvalue weighted by molar-refractivity contribution is -0.143. The predicted molar refractivity (Wildman–Crippen MR) is 252 cm³/mol. The number of nitrogens with zero attached hydrogens (tertiary/aromatic N) is 4. The molecule has 0 aliphatic heterocycles. The van der Waals surface area contributed by atoms with Gasteiger partial charge >= 0.3 is 17.9 Å². The van der Waals surface area contributed by atoms with Crippen molar-refractivity contribution < 1.29 is 58.5 Å². The summed E-state index contributed by atoms with van der Waals surface area (Å²) in [4.78, 5) is 146. The average molecular weight is 982 g/mol. The number of H-pyrrole nitrogens is 1. The summed E-state index contributed by atoms with van der Waals surface area (Å²) in [6.07, 6.45) is -0.390. The van der Waals surface area contributed by atoms with Crippen molar-refractivity contribution in [1.29, 1.82) is 0 Å². The van der Waals surface area contributed by atoms with E-state index in [0.717, 1.165) is 5.56 Å². The number of aliphatic carboxylic acids is 3. The zero-order valence-corrected chi connectivity index (χ0v) is 39.0. The highest BCUT2D eigenvalue weighted by Crippen LogP contribution is 2.20. The Labute approximate surface area is 400 Å². The maximum atomic E-state index is 13.7. The number of anilines is 1. The van der Waals surface area contributed by atoms with Crippen LogP contribution in [0.1, 0.15) is 99.7 Å². The van der Waals surface area contributed by atoms with Crippen molar-refractivity contribution >= 4 is 88.7 Å². The van der Waals surface area contributed by atoms with Gasteiger partial charge in [-0.25, -0.2) is 14.8 Å². The molecule has 0 unspecified atom stereocenters. The summed E-state index contributed by atoms with van der Waals surface area (Å²) in [7, 11) is 0. The smallest absolute Gasteiger partial charge is 0.327 e. The van der Waals surface area contributed by atoms with Crippen molar-refractivity contribution in [3.63, 3.8) is 0 Å². The summed E-state index contributed by atoms with van der Waals surface area (Å²) < 4.78 is 0. The molecular formula is C44H59N11O13S. The number of carbonyl (C=O) groups is 9. The number of hydrogen-bond acceptors (Lipinski definition) is 16. The first kappa shape index (κ1) is 56.0. The molecule has 3 amide bonds. The van der Waals surface area contributed by atoms with Gasteiger partial charge in [0.2, 0.25) is 23.7 Å². The second kappa shape index (κ2) is 27.5. The fraction of sp³-hybridized carbons (Fsp3) is 0.500. The van der Waals surface area contributed by atoms with E-state index in [9.17, 15) is 63.3 Å². The fourth-order valence-corrected chi connectivity index (χ4v) is 7.32. The van der Waals surface area contributed by atoms with Gasteiger partial charge in [0, 0.05) is 55.4 Å². The largest absolute Gasteiger partial charge is 0.481 e. The molecule has 25 heteroatoms. The summed E-state index contributed by atoms with van der Waals surface area (Å²) in [6, 6.07) is 2.28. The summed E-state index contributed by atoms with van der Waals surface area (Å²) in [5.41, 5.74) is 18.0. The number of nitrogen functional groups attached to an aromatic ring is 1. The quantitative estimate of drug-likeness (QED) is 0.0134. The highest BCUT2D eigenvalue weighted by Gasteiger charge is 2.34. The third-order valence-corrected chi connectivity index (χ3v) is 11.3. The lowest BCUT2D eigenvalue weighted by Crippen LogP contribution is -2.49. The molecule has 3 rings (SSSR count). The van der Waals surface area contributed by atoms with Crippen molar-refractivity contribution in [2.24, 2.45) is 34.2 Å². The predicted octanol–water partition coefficient (Wildman–Crippen LogP) is 0.102. The number of carboxylic acid groups (broad SMARTS) is 3. The third-order valence-electron chi connectivity index (χ3n) is 10.9. The van der Waals surface area contributed by atoms with Gasteiger partial charge in [-0.2, -0.15) is 17.6 Å². The van der Waals surface area contributed by atoms with Crippen molar-refractivity contribution in [3.05, 3.63) is 57.6 Å². The number of aromatic nitrogens is 4. The van der Waals surface area contributed by atoms with Gasteiger partial charge < -0.3 is 48.5 Å². The summed E-state index contributed by atoms with van der Waals surface area (Å²) in [5, 5.41) is 35.6. The highest BCUT2D eigenvalue weighted by molar-refractivity contribution is 7.80. The molecular weight excluding hydrogens is 923 g/mol. The monoisotopic (exact) mass is 981 g/mol. The second-order valence-corrected chi connectivity index (χ2v) is 16.9. The van der Waals surface area contributed by atoms with Crippen LogP contribution in [0.3, 0.4) is 0 Å². The van der Waals surface area contributed by atoms with Gasteiger partial charge in [0.25, 0.3) is 5.56 Å². The zero-order chi connectivity index (χ0) is 51.4. The molecule has 374 valence electrons. The van der Waals surface area contributed by atoms with E-state index in [1.807, 2.05) is 0 Å². The van der Waals surface area contributed by atoms with Crippen LogP contribution < -0.4 is 38.7 Å². The van der Waals surface area contributed by atoms with Crippen molar-refractivity contribution in [2.45, 2.75) is 109 Å². The fourth-order valence-electron chi connectivity index (χ4n) is 7.07. The number of carbonyl (C=O) groups excluding carboxylic acids is 6. The van der Waals surface area contributed by atoms with Crippen LogP contribution in [0.5, 0.6) is 0 Å². The number of guanidine groups is 1. The molecule has 0 aliphatic rings. The number of benzene rings is 1. The molecule has 6 atom stereocenters. The average Bonchev–Trinajstić information content (AvgIpc) is 3.28. The molecule has 24 nitrogen and oxygen atoms in total. The normalized spacial score (nSPS) is 13.7. The highest BCUT2D eigenvalue weighted by atomic mass is 32.1. The van der Waals surface area contributed by atoms with Gasteiger partial charge in [0.15, 0.2) is 34.5 Å². The standard InChI is InChI=1S/C44H59N11O13S/c1-3-24(39(64)53-30(21-69)42(67)68)16-32(57)29(19-36(62)63)52-40(65)26(5-4-14-48-43(45)46)17-33(58)28(18-35(60)61)51-34(59)13-6-22(2)15-31(56)25-10-7-23(8-11-25)9-12-27-20-49-38-37(50-27)41(66)55-44(47)54-38/h7-8,10-11,20,22,24,26,28-30,69H,3-6,9,12-19,21H2,1-2H3,(H,51,59)(H,52,65)(H,53,64)(H,60,61)(H,62,63)(H,67,68)(H4,45,46,48)(H3,47,49,54,55,66)/t22-,24-,26-,28+,29+,30+/m1/s1. The summed E-state index contributed by atoms with van der Waals surface area (Å²) in [5.74, 6) is -12.0. The molecule has 0 radical (unpaired) electrons. The maximum Gasteiger partial charge on any atom is 0.327 e. The van der Waals surface area contributed by atoms with Crippen LogP contribution in [-0.4, -0.2) is 125 Å². The molecule has 69 heavy (non-hydrogen) atoms. The Morgan fingerprint density at radius 1 is 0.783 bits per heavy atom. The van der Waals surface area contributed by atoms with Crippen molar-refractivity contribution in [1.82, 2.24) is 35.9 Å². The second-order valence-electron chi connectivity index (χ2n) is 16.5. The van der Waals surface area contributed by atoms with E-state index in [-0.39, 0.29) is 85.6 Å². The van der Waals surface area contributed by atoms with E-state index >= 15 is 0 Å². The van der Waals surface area contributed by atoms with Gasteiger partial charge in [0.05, 0.1) is 36.8 Å². The number of nitrogens with one attached hydrogen (secondary N) is 4. The van der Waals surface area contributed by atoms with Crippen LogP contribution in [0.15, 0.2) is 40.2 Å². The van der Waals surface area contributed by atoms with Gasteiger partial charge in [-0.1, -0.05) is 38.1 Å². The maximum absolute atomic E-state index is 13.7. The summed E-state index contributed by atoms with van der Waals surface area (Å²) in [6.45, 7) is 3.30. The number of rotatable bonds is 31. The van der Waals surface area contributed by atoms with Crippen LogP contribution in [0, 0.1) is 17.8 Å². The molecule has 0 aliphatic carbocycles. The molecule has 2 aromatic heterocycles. The Hall–Kier alpha value is -7.31. The number of Topliss-reactive ketones (excluding diaryl/α,β-unsaturated/α-hetero) is 3. The van der Waals surface area contributed by atoms with E-state index in [1.165, 1.54) is 6.20 Å². The van der Waals surface area contributed by atoms with Crippen LogP contribution in [0.25, 0.3) is 11.2 Å². The molecule has 0 spiro atoms. The lowest BCUT2D eigenvalue weighted by Gasteiger charge is -2.24. The van der Waals surface area contributed by atoms with Crippen LogP contribution in [-0.2, 0) is 51.2 Å². The van der Waals surface area contributed by atoms with E-state index in [2.05, 4.69) is 53.5 Å². The number of hydrogen-bond donors (Lipinski definition) is 11. The number of carboxylic acids is 3. The number of ketones is 3. The Kier molecular flexibility index (Phi) is 22.3. The van der Waals surface area contributed by atoms with Gasteiger partial charge in [-0.15, -0.1) is 0 Å². The lowest BCUT2D eigenvalue weighted by atomic mass is 9.90. The zero-order valence-electron chi connectivity index (χ0n) is 38.1. The topological polar surface area (TPSA) is 412 Å². The first-order valence-corrected chi connectivity index (χ1v) is 22.6. The van der Waals surface area contributed by atoms with Crippen LogP contribution >= 0.6 is 12.6 Å². The molecule has 3 aromatic rings. The molecule has 2 heterocycles. The number of thiol groups is 1. The molecule has 0 saturated carbocycles. The van der Waals surface area contributed by atoms with E-state index in [4.69, 9.17) is 17.2 Å². The third kappa shape index (κ3) is 19.1. The minimum Gasteiger partial charge on any atom is -0.481 e.